The standard InChI is InChI=1S/C6H7.C3H9N.Pt/c1-6-4-2-3-5-6;1-4(2)3;/h2-5H,1H3;1-3H3;/q-1;;+2. The maximum Gasteiger partial charge on any atom is 2.00 e. The fraction of sp³-hybridized carbons (Fsp3) is 0.444. The molecule has 1 rings (SSSR count). The molecule has 66 valence electrons. The minimum Gasteiger partial charge on any atom is -0.312 e. The van der Waals surface area contributed by atoms with Crippen LogP contribution < -0.4 is 0 Å². The van der Waals surface area contributed by atoms with Crippen molar-refractivity contribution in [3.8, 4) is 0 Å². The van der Waals surface area contributed by atoms with Crippen molar-refractivity contribution in [2.24, 2.45) is 0 Å². The van der Waals surface area contributed by atoms with E-state index in [1.807, 2.05) is 38.2 Å². The Kier molecular flexibility index (Phi) is 10.00. The van der Waals surface area contributed by atoms with Crippen LogP contribution in [0.1, 0.15) is 5.56 Å². The molecule has 0 atom stereocenters. The van der Waals surface area contributed by atoms with Gasteiger partial charge >= 0.3 is 21.1 Å². The predicted molar refractivity (Wildman–Crippen MR) is 46.4 cm³/mol. The number of aryl methyl sites for hydroxylation is 1. The van der Waals surface area contributed by atoms with Gasteiger partial charge in [-0.2, -0.15) is 17.7 Å². The molecular weight excluding hydrogens is 317 g/mol. The van der Waals surface area contributed by atoms with Gasteiger partial charge in [-0.3, -0.25) is 0 Å². The van der Waals surface area contributed by atoms with Crippen molar-refractivity contribution in [1.29, 1.82) is 0 Å². The van der Waals surface area contributed by atoms with Crippen molar-refractivity contribution in [2.45, 2.75) is 6.92 Å². The zero-order chi connectivity index (χ0) is 7.98. The molecule has 0 N–H and O–H groups in total. The monoisotopic (exact) mass is 333 g/mol. The molecular formula is C9H16NPt+. The third-order valence-corrected chi connectivity index (χ3v) is 0.829. The first-order chi connectivity index (χ1) is 4.63. The van der Waals surface area contributed by atoms with Gasteiger partial charge in [0.2, 0.25) is 0 Å². The Labute approximate surface area is 84.0 Å². The summed E-state index contributed by atoms with van der Waals surface area (Å²) in [6, 6.07) is 8.24. The van der Waals surface area contributed by atoms with E-state index >= 15 is 0 Å². The summed E-state index contributed by atoms with van der Waals surface area (Å²) in [6.45, 7) is 2.08. The van der Waals surface area contributed by atoms with Crippen LogP contribution in [-0.2, 0) is 21.1 Å². The van der Waals surface area contributed by atoms with Crippen molar-refractivity contribution in [2.75, 3.05) is 21.1 Å². The second-order valence-corrected chi connectivity index (χ2v) is 2.80. The number of hydrogen-bond acceptors (Lipinski definition) is 1. The average Bonchev–Trinajstić information content (AvgIpc) is 2.15. The molecule has 0 amide bonds. The SMILES string of the molecule is CN(C)C.C[c-]1cccc1.[Pt+2]. The van der Waals surface area contributed by atoms with Gasteiger partial charge in [0, 0.05) is 0 Å². The normalized spacial score (nSPS) is 8.09. The van der Waals surface area contributed by atoms with Crippen LogP contribution in [0.2, 0.25) is 0 Å². The Morgan fingerprint density at radius 2 is 1.27 bits per heavy atom. The van der Waals surface area contributed by atoms with Gasteiger partial charge in [0.25, 0.3) is 0 Å². The van der Waals surface area contributed by atoms with E-state index in [1.54, 1.807) is 0 Å². The summed E-state index contributed by atoms with van der Waals surface area (Å²) in [5.74, 6) is 0. The molecule has 0 unspecified atom stereocenters. The summed E-state index contributed by atoms with van der Waals surface area (Å²) in [5, 5.41) is 0. The maximum atomic E-state index is 2.08. The zero-order valence-corrected chi connectivity index (χ0v) is 9.85. The molecule has 2 heteroatoms. The van der Waals surface area contributed by atoms with Crippen LogP contribution in [0.4, 0.5) is 0 Å². The van der Waals surface area contributed by atoms with E-state index in [-0.39, 0.29) is 21.1 Å². The summed E-state index contributed by atoms with van der Waals surface area (Å²) < 4.78 is 0. The minimum absolute atomic E-state index is 0. The van der Waals surface area contributed by atoms with E-state index < -0.39 is 0 Å². The average molecular weight is 333 g/mol. The van der Waals surface area contributed by atoms with Gasteiger partial charge in [-0.15, -0.1) is 0 Å². The molecule has 0 aliphatic carbocycles. The first-order valence-electron chi connectivity index (χ1n) is 3.42. The van der Waals surface area contributed by atoms with Crippen molar-refractivity contribution in [3.63, 3.8) is 0 Å². The van der Waals surface area contributed by atoms with Crippen LogP contribution in [0, 0.1) is 6.92 Å². The Balaban J connectivity index is 0. The Bertz CT molecular complexity index is 142. The van der Waals surface area contributed by atoms with Crippen LogP contribution in [0.25, 0.3) is 0 Å². The quantitative estimate of drug-likeness (QED) is 0.656. The molecule has 0 fully saturated rings. The fourth-order valence-corrected chi connectivity index (χ4v) is 0.470. The van der Waals surface area contributed by atoms with E-state index in [0.29, 0.717) is 0 Å². The van der Waals surface area contributed by atoms with Crippen molar-refractivity contribution in [3.05, 3.63) is 29.8 Å². The molecule has 1 aromatic rings. The third-order valence-electron chi connectivity index (χ3n) is 0.829. The van der Waals surface area contributed by atoms with Crippen LogP contribution >= 0.6 is 0 Å². The summed E-state index contributed by atoms with van der Waals surface area (Å²) in [7, 11) is 6.00. The molecule has 1 nitrogen and oxygen atoms in total. The fourth-order valence-electron chi connectivity index (χ4n) is 0.470. The molecule has 1 aromatic carbocycles. The second kappa shape index (κ2) is 8.10. The third kappa shape index (κ3) is 13.1. The Morgan fingerprint density at radius 3 is 1.36 bits per heavy atom. The predicted octanol–water partition coefficient (Wildman–Crippen LogP) is 1.89. The van der Waals surface area contributed by atoms with Gasteiger partial charge in [0.05, 0.1) is 0 Å². The minimum atomic E-state index is 0. The summed E-state index contributed by atoms with van der Waals surface area (Å²) in [5.41, 5.74) is 1.34. The van der Waals surface area contributed by atoms with Crippen LogP contribution in [-0.4, -0.2) is 26.0 Å². The largest absolute Gasteiger partial charge is 2.00 e. The van der Waals surface area contributed by atoms with Crippen molar-refractivity contribution in [1.82, 2.24) is 4.90 Å². The van der Waals surface area contributed by atoms with Crippen LogP contribution in [0.15, 0.2) is 24.3 Å². The number of nitrogens with zero attached hydrogens (tertiary/aromatic N) is 1. The van der Waals surface area contributed by atoms with Gasteiger partial charge in [-0.05, 0) is 21.1 Å². The molecule has 0 heterocycles. The molecule has 0 spiro atoms. The van der Waals surface area contributed by atoms with Crippen molar-refractivity contribution < 1.29 is 21.1 Å². The molecule has 0 aliphatic heterocycles. The molecule has 0 saturated heterocycles. The Hall–Kier alpha value is -0.00169. The topological polar surface area (TPSA) is 3.24 Å². The Morgan fingerprint density at radius 1 is 1.00 bits per heavy atom. The van der Waals surface area contributed by atoms with Crippen LogP contribution in [0.5, 0.6) is 0 Å². The van der Waals surface area contributed by atoms with Crippen molar-refractivity contribution >= 4 is 0 Å². The van der Waals surface area contributed by atoms with Gasteiger partial charge in [-0.1, -0.05) is 6.92 Å². The smallest absolute Gasteiger partial charge is 0.312 e. The zero-order valence-electron chi connectivity index (χ0n) is 7.57. The van der Waals surface area contributed by atoms with E-state index in [4.69, 9.17) is 0 Å². The second-order valence-electron chi connectivity index (χ2n) is 2.80. The molecule has 0 saturated carbocycles. The molecule has 0 aromatic heterocycles. The summed E-state index contributed by atoms with van der Waals surface area (Å²) in [6.07, 6.45) is 0. The van der Waals surface area contributed by atoms with Gasteiger partial charge in [0.15, 0.2) is 0 Å². The first kappa shape index (κ1) is 13.6. The molecule has 0 bridgehead atoms. The molecule has 0 radical (unpaired) electrons. The van der Waals surface area contributed by atoms with E-state index in [1.165, 1.54) is 5.56 Å². The summed E-state index contributed by atoms with van der Waals surface area (Å²) in [4.78, 5) is 2.00. The summed E-state index contributed by atoms with van der Waals surface area (Å²) >= 11 is 0. The molecule has 11 heavy (non-hydrogen) atoms. The first-order valence-corrected chi connectivity index (χ1v) is 3.42. The van der Waals surface area contributed by atoms with Gasteiger partial charge in [0.1, 0.15) is 0 Å². The number of rotatable bonds is 0. The van der Waals surface area contributed by atoms with E-state index in [0.717, 1.165) is 0 Å². The number of hydrogen-bond donors (Lipinski definition) is 0. The van der Waals surface area contributed by atoms with Crippen LogP contribution in [0.3, 0.4) is 0 Å². The van der Waals surface area contributed by atoms with Gasteiger partial charge < -0.3 is 4.90 Å². The maximum absolute atomic E-state index is 2.08. The van der Waals surface area contributed by atoms with E-state index in [9.17, 15) is 0 Å². The molecule has 0 aliphatic rings. The van der Waals surface area contributed by atoms with Gasteiger partial charge in [-0.25, -0.2) is 12.1 Å². The van der Waals surface area contributed by atoms with E-state index in [2.05, 4.69) is 19.1 Å².